The van der Waals surface area contributed by atoms with Gasteiger partial charge in [-0.3, -0.25) is 0 Å². The van der Waals surface area contributed by atoms with Crippen molar-refractivity contribution in [3.8, 4) is 0 Å². The molecule has 4 aromatic rings. The second-order valence-corrected chi connectivity index (χ2v) is 5.47. The van der Waals surface area contributed by atoms with Gasteiger partial charge in [-0.2, -0.15) is 5.11 Å². The van der Waals surface area contributed by atoms with Crippen LogP contribution in [0.3, 0.4) is 0 Å². The summed E-state index contributed by atoms with van der Waals surface area (Å²) in [5, 5.41) is 9.80. The quantitative estimate of drug-likeness (QED) is 0.424. The molecule has 2 aromatic carbocycles. The van der Waals surface area contributed by atoms with Crippen molar-refractivity contribution in [2.75, 3.05) is 0 Å². The fourth-order valence-corrected chi connectivity index (χ4v) is 2.62. The molecule has 0 atom stereocenters. The molecule has 0 unspecified atom stereocenters. The van der Waals surface area contributed by atoms with Crippen LogP contribution in [-0.2, 0) is 6.54 Å². The van der Waals surface area contributed by atoms with Crippen molar-refractivity contribution in [1.82, 2.24) is 15.0 Å². The minimum atomic E-state index is 0.355. The smallest absolute Gasteiger partial charge is 0.247 e. The number of para-hydroxylation sites is 3. The van der Waals surface area contributed by atoms with Crippen LogP contribution in [0.4, 0.5) is 5.95 Å². The van der Waals surface area contributed by atoms with E-state index in [4.69, 9.17) is 11.6 Å². The Morgan fingerprint density at radius 3 is 2.61 bits per heavy atom. The minimum absolute atomic E-state index is 0.355. The molecular formula is C17H12ClN5. The summed E-state index contributed by atoms with van der Waals surface area (Å²) in [6.45, 7) is 0.355. The molecule has 0 bridgehead atoms. The number of hydrogen-bond acceptors (Lipinski definition) is 4. The van der Waals surface area contributed by atoms with Crippen LogP contribution in [0.25, 0.3) is 21.9 Å². The molecule has 1 N–H and O–H groups in total. The number of rotatable bonds is 3. The second kappa shape index (κ2) is 5.78. The van der Waals surface area contributed by atoms with E-state index < -0.39 is 0 Å². The van der Waals surface area contributed by atoms with Crippen LogP contribution >= 0.6 is 11.6 Å². The van der Waals surface area contributed by atoms with Crippen LogP contribution in [0.5, 0.6) is 0 Å². The summed E-state index contributed by atoms with van der Waals surface area (Å²) < 4.78 is 0. The van der Waals surface area contributed by atoms with E-state index >= 15 is 0 Å². The second-order valence-electron chi connectivity index (χ2n) is 5.11. The van der Waals surface area contributed by atoms with E-state index in [1.807, 2.05) is 54.6 Å². The molecular weight excluding hydrogens is 310 g/mol. The Kier molecular flexibility index (Phi) is 3.48. The Morgan fingerprint density at radius 2 is 1.74 bits per heavy atom. The van der Waals surface area contributed by atoms with E-state index in [2.05, 4.69) is 25.2 Å². The van der Waals surface area contributed by atoms with E-state index in [0.717, 1.165) is 27.5 Å². The van der Waals surface area contributed by atoms with Gasteiger partial charge < -0.3 is 4.98 Å². The fourth-order valence-electron chi connectivity index (χ4n) is 2.41. The van der Waals surface area contributed by atoms with E-state index in [1.54, 1.807) is 0 Å². The highest BCUT2D eigenvalue weighted by Gasteiger charge is 2.05. The number of H-pyrrole nitrogens is 1. The predicted octanol–water partition coefficient (Wildman–Crippen LogP) is 5.05. The number of hydrogen-bond donors (Lipinski definition) is 1. The first kappa shape index (κ1) is 13.8. The largest absolute Gasteiger partial charge is 0.321 e. The summed E-state index contributed by atoms with van der Waals surface area (Å²) in [5.41, 5.74) is 3.51. The van der Waals surface area contributed by atoms with Gasteiger partial charge >= 0.3 is 0 Å². The molecule has 0 aliphatic heterocycles. The fraction of sp³-hybridized carbons (Fsp3) is 0.0588. The standard InChI is InChI=1S/C17H12ClN5/c18-16-12(9-11-5-1-2-6-13(11)20-16)10-19-23-17-21-14-7-3-4-8-15(14)22-17/h1-9H,10H2,(H,21,22). The SMILES string of the molecule is Clc1nc2ccccc2cc1CN=Nc1nc2ccccc2[nH]1. The number of pyridine rings is 1. The molecule has 0 saturated carbocycles. The first-order valence-corrected chi connectivity index (χ1v) is 7.54. The number of halogens is 1. The molecule has 4 rings (SSSR count). The normalized spacial score (nSPS) is 11.7. The first-order valence-electron chi connectivity index (χ1n) is 7.16. The number of aromatic nitrogens is 3. The minimum Gasteiger partial charge on any atom is -0.321 e. The molecule has 0 saturated heterocycles. The molecule has 0 aliphatic rings. The highest BCUT2D eigenvalue weighted by atomic mass is 35.5. The summed E-state index contributed by atoms with van der Waals surface area (Å²) in [6, 6.07) is 17.6. The lowest BCUT2D eigenvalue weighted by molar-refractivity contribution is 0.935. The van der Waals surface area contributed by atoms with Crippen LogP contribution in [0.1, 0.15) is 5.56 Å². The molecule has 2 heterocycles. The zero-order valence-electron chi connectivity index (χ0n) is 12.1. The van der Waals surface area contributed by atoms with Gasteiger partial charge in [-0.05, 0) is 24.3 Å². The molecule has 23 heavy (non-hydrogen) atoms. The summed E-state index contributed by atoms with van der Waals surface area (Å²) >= 11 is 6.21. The average Bonchev–Trinajstić information content (AvgIpc) is 2.98. The van der Waals surface area contributed by atoms with Gasteiger partial charge in [0.1, 0.15) is 5.15 Å². The van der Waals surface area contributed by atoms with Gasteiger partial charge in [0.05, 0.1) is 23.1 Å². The molecule has 2 aromatic heterocycles. The van der Waals surface area contributed by atoms with Gasteiger partial charge in [-0.15, -0.1) is 5.11 Å². The third-order valence-corrected chi connectivity index (χ3v) is 3.86. The van der Waals surface area contributed by atoms with Gasteiger partial charge in [0.25, 0.3) is 0 Å². The zero-order valence-corrected chi connectivity index (χ0v) is 12.8. The van der Waals surface area contributed by atoms with Crippen LogP contribution < -0.4 is 0 Å². The third-order valence-electron chi connectivity index (χ3n) is 3.53. The Labute approximate surface area is 137 Å². The number of nitrogens with one attached hydrogen (secondary N) is 1. The molecule has 6 heteroatoms. The van der Waals surface area contributed by atoms with Crippen molar-refractivity contribution >= 4 is 39.5 Å². The molecule has 0 radical (unpaired) electrons. The zero-order chi connectivity index (χ0) is 15.6. The summed E-state index contributed by atoms with van der Waals surface area (Å²) in [7, 11) is 0. The average molecular weight is 322 g/mol. The number of imidazole rings is 1. The highest BCUT2D eigenvalue weighted by molar-refractivity contribution is 6.30. The van der Waals surface area contributed by atoms with Crippen LogP contribution in [-0.4, -0.2) is 15.0 Å². The lowest BCUT2D eigenvalue weighted by Crippen LogP contribution is -1.88. The van der Waals surface area contributed by atoms with Gasteiger partial charge in [-0.1, -0.05) is 41.9 Å². The van der Waals surface area contributed by atoms with E-state index in [1.165, 1.54) is 0 Å². The lowest BCUT2D eigenvalue weighted by atomic mass is 10.1. The molecule has 0 spiro atoms. The molecule has 112 valence electrons. The predicted molar refractivity (Wildman–Crippen MR) is 91.1 cm³/mol. The Bertz CT molecular complexity index is 989. The van der Waals surface area contributed by atoms with E-state index in [-0.39, 0.29) is 0 Å². The lowest BCUT2D eigenvalue weighted by Gasteiger charge is -2.02. The Balaban J connectivity index is 1.59. The van der Waals surface area contributed by atoms with Crippen LogP contribution in [0, 0.1) is 0 Å². The first-order chi connectivity index (χ1) is 11.3. The summed E-state index contributed by atoms with van der Waals surface area (Å²) in [6.07, 6.45) is 0. The maximum absolute atomic E-state index is 6.21. The number of fused-ring (bicyclic) bond motifs is 2. The van der Waals surface area contributed by atoms with Crippen LogP contribution in [0.2, 0.25) is 5.15 Å². The van der Waals surface area contributed by atoms with Crippen LogP contribution in [0.15, 0.2) is 64.8 Å². The van der Waals surface area contributed by atoms with Crippen molar-refractivity contribution in [3.63, 3.8) is 0 Å². The number of benzene rings is 2. The molecule has 0 aliphatic carbocycles. The van der Waals surface area contributed by atoms with Crippen molar-refractivity contribution in [2.45, 2.75) is 6.54 Å². The summed E-state index contributed by atoms with van der Waals surface area (Å²) in [5.74, 6) is 0.482. The number of nitrogens with zero attached hydrogens (tertiary/aromatic N) is 4. The third kappa shape index (κ3) is 2.78. The van der Waals surface area contributed by atoms with Crippen molar-refractivity contribution in [1.29, 1.82) is 0 Å². The monoisotopic (exact) mass is 321 g/mol. The van der Waals surface area contributed by atoms with Gasteiger partial charge in [0.15, 0.2) is 0 Å². The highest BCUT2D eigenvalue weighted by Crippen LogP contribution is 2.22. The molecule has 5 nitrogen and oxygen atoms in total. The topological polar surface area (TPSA) is 66.3 Å². The molecule has 0 fully saturated rings. The van der Waals surface area contributed by atoms with Crippen molar-refractivity contribution < 1.29 is 0 Å². The maximum Gasteiger partial charge on any atom is 0.247 e. The van der Waals surface area contributed by atoms with Gasteiger partial charge in [-0.25, -0.2) is 9.97 Å². The van der Waals surface area contributed by atoms with Gasteiger partial charge in [0, 0.05) is 10.9 Å². The van der Waals surface area contributed by atoms with E-state index in [9.17, 15) is 0 Å². The molecule has 0 amide bonds. The number of aromatic amines is 1. The van der Waals surface area contributed by atoms with Crippen molar-refractivity contribution in [3.05, 3.63) is 65.3 Å². The Hall–Kier alpha value is -2.79. The maximum atomic E-state index is 6.21. The van der Waals surface area contributed by atoms with Gasteiger partial charge in [0.2, 0.25) is 5.95 Å². The van der Waals surface area contributed by atoms with E-state index in [0.29, 0.717) is 17.6 Å². The summed E-state index contributed by atoms with van der Waals surface area (Å²) in [4.78, 5) is 11.8. The number of azo groups is 1. The van der Waals surface area contributed by atoms with Crippen molar-refractivity contribution in [2.24, 2.45) is 10.2 Å². The Morgan fingerprint density at radius 1 is 0.957 bits per heavy atom.